The van der Waals surface area contributed by atoms with Crippen molar-refractivity contribution in [1.29, 1.82) is 0 Å². The summed E-state index contributed by atoms with van der Waals surface area (Å²) in [7, 11) is 0. The van der Waals surface area contributed by atoms with Crippen molar-refractivity contribution in [2.75, 3.05) is 0 Å². The Morgan fingerprint density at radius 3 is 2.81 bits per heavy atom. The number of nitrogens with zero attached hydrogens (tertiary/aromatic N) is 4. The highest BCUT2D eigenvalue weighted by Gasteiger charge is 2.31. The minimum absolute atomic E-state index is 0.306. The van der Waals surface area contributed by atoms with Crippen molar-refractivity contribution in [3.63, 3.8) is 0 Å². The molecule has 0 bridgehead atoms. The maximum Gasteiger partial charge on any atom is 0.345 e. The quantitative estimate of drug-likeness (QED) is 0.802. The van der Waals surface area contributed by atoms with Crippen LogP contribution in [0.5, 0.6) is 0 Å². The normalized spacial score (nSPS) is 14.7. The number of carbonyl (C=O) groups is 1. The van der Waals surface area contributed by atoms with E-state index in [4.69, 9.17) is 11.6 Å². The molecule has 1 N–H and O–H groups in total. The largest absolute Gasteiger partial charge is 0.477 e. The molecular weight excluding hydrogens is 312 g/mol. The Balaban J connectivity index is 1.95. The predicted molar refractivity (Wildman–Crippen MR) is 78.5 cm³/mol. The molecule has 1 aliphatic carbocycles. The number of carboxylic acid groups (broad SMARTS) is 1. The molecule has 0 atom stereocenters. The predicted octanol–water partition coefficient (Wildman–Crippen LogP) is 3.11. The van der Waals surface area contributed by atoms with E-state index in [9.17, 15) is 9.90 Å². The molecule has 6 nitrogen and oxygen atoms in total. The molecule has 0 unspecified atom stereocenters. The third kappa shape index (κ3) is 2.09. The Morgan fingerprint density at radius 2 is 2.19 bits per heavy atom. The van der Waals surface area contributed by atoms with E-state index in [1.165, 1.54) is 11.3 Å². The van der Waals surface area contributed by atoms with Gasteiger partial charge in [-0.1, -0.05) is 11.6 Å². The summed E-state index contributed by atoms with van der Waals surface area (Å²) in [5, 5.41) is 22.8. The lowest BCUT2D eigenvalue weighted by molar-refractivity contribution is 0.0702. The van der Waals surface area contributed by atoms with Crippen LogP contribution in [0.3, 0.4) is 0 Å². The van der Waals surface area contributed by atoms with Crippen molar-refractivity contribution < 1.29 is 9.90 Å². The number of aromatic nitrogens is 4. The molecule has 0 aliphatic heterocycles. The van der Waals surface area contributed by atoms with Gasteiger partial charge in [0.1, 0.15) is 9.71 Å². The number of hydrogen-bond donors (Lipinski definition) is 1. The first-order valence-corrected chi connectivity index (χ1v) is 7.58. The minimum atomic E-state index is -0.924. The van der Waals surface area contributed by atoms with Gasteiger partial charge in [-0.05, 0) is 31.0 Å². The number of fused-ring (bicyclic) bond motifs is 1. The van der Waals surface area contributed by atoms with Gasteiger partial charge in [-0.15, -0.1) is 21.5 Å². The first-order valence-electron chi connectivity index (χ1n) is 6.39. The SMILES string of the molecule is O=C(O)c1cc2c(C3CC3)nn(-c3ccc(Cl)nn3)c2s1. The van der Waals surface area contributed by atoms with Gasteiger partial charge in [-0.2, -0.15) is 5.10 Å². The summed E-state index contributed by atoms with van der Waals surface area (Å²) in [5.74, 6) is 0.0343. The van der Waals surface area contributed by atoms with Crippen LogP contribution in [-0.4, -0.2) is 31.1 Å². The molecule has 106 valence electrons. The van der Waals surface area contributed by atoms with E-state index in [0.29, 0.717) is 21.8 Å². The van der Waals surface area contributed by atoms with Crippen LogP contribution >= 0.6 is 22.9 Å². The average molecular weight is 321 g/mol. The van der Waals surface area contributed by atoms with Crippen molar-refractivity contribution >= 4 is 39.1 Å². The van der Waals surface area contributed by atoms with Crippen LogP contribution in [0.2, 0.25) is 5.15 Å². The molecule has 3 aromatic heterocycles. The molecule has 4 rings (SSSR count). The monoisotopic (exact) mass is 320 g/mol. The zero-order valence-corrected chi connectivity index (χ0v) is 12.2. The van der Waals surface area contributed by atoms with Crippen molar-refractivity contribution in [2.45, 2.75) is 18.8 Å². The Bertz CT molecular complexity index is 851. The third-order valence-corrected chi connectivity index (χ3v) is 4.70. The number of rotatable bonds is 3. The Hall–Kier alpha value is -1.99. The number of halogens is 1. The topological polar surface area (TPSA) is 80.9 Å². The molecule has 21 heavy (non-hydrogen) atoms. The maximum absolute atomic E-state index is 11.2. The Labute approximate surface area is 128 Å². The summed E-state index contributed by atoms with van der Waals surface area (Å²) < 4.78 is 1.66. The summed E-state index contributed by atoms with van der Waals surface area (Å²) >= 11 is 6.95. The highest BCUT2D eigenvalue weighted by atomic mass is 35.5. The Kier molecular flexibility index (Phi) is 2.73. The fourth-order valence-electron chi connectivity index (χ4n) is 2.27. The van der Waals surface area contributed by atoms with E-state index < -0.39 is 5.97 Å². The van der Waals surface area contributed by atoms with Gasteiger partial charge >= 0.3 is 5.97 Å². The smallest absolute Gasteiger partial charge is 0.345 e. The molecule has 3 heterocycles. The van der Waals surface area contributed by atoms with Crippen molar-refractivity contribution in [1.82, 2.24) is 20.0 Å². The molecule has 1 fully saturated rings. The molecule has 0 amide bonds. The van der Waals surface area contributed by atoms with Crippen LogP contribution in [0.15, 0.2) is 18.2 Å². The third-order valence-electron chi connectivity index (χ3n) is 3.40. The van der Waals surface area contributed by atoms with Crippen molar-refractivity contribution in [3.05, 3.63) is 33.9 Å². The Morgan fingerprint density at radius 1 is 1.38 bits per heavy atom. The maximum atomic E-state index is 11.2. The zero-order chi connectivity index (χ0) is 14.6. The van der Waals surface area contributed by atoms with Crippen LogP contribution in [-0.2, 0) is 0 Å². The van der Waals surface area contributed by atoms with Gasteiger partial charge in [0.05, 0.1) is 5.69 Å². The fourth-order valence-corrected chi connectivity index (χ4v) is 3.34. The van der Waals surface area contributed by atoms with Gasteiger partial charge in [-0.3, -0.25) is 0 Å². The van der Waals surface area contributed by atoms with Gasteiger partial charge in [0.2, 0.25) is 0 Å². The van der Waals surface area contributed by atoms with Gasteiger partial charge in [0.15, 0.2) is 11.0 Å². The second-order valence-electron chi connectivity index (χ2n) is 4.92. The average Bonchev–Trinajstić information content (AvgIpc) is 3.10. The van der Waals surface area contributed by atoms with Gasteiger partial charge in [-0.25, -0.2) is 9.48 Å². The highest BCUT2D eigenvalue weighted by Crippen LogP contribution is 2.44. The lowest BCUT2D eigenvalue weighted by Crippen LogP contribution is -2.01. The van der Waals surface area contributed by atoms with E-state index in [0.717, 1.165) is 28.8 Å². The van der Waals surface area contributed by atoms with Gasteiger partial charge < -0.3 is 5.11 Å². The number of thiophene rings is 1. The van der Waals surface area contributed by atoms with Crippen LogP contribution in [0.4, 0.5) is 0 Å². The summed E-state index contributed by atoms with van der Waals surface area (Å²) in [6.45, 7) is 0. The van der Waals surface area contributed by atoms with Gasteiger partial charge in [0.25, 0.3) is 0 Å². The number of aromatic carboxylic acids is 1. The number of carboxylic acids is 1. The standard InChI is InChI=1S/C13H9ClN4O2S/c14-9-3-4-10(16-15-9)18-12-7(5-8(21-12)13(19)20)11(17-18)6-1-2-6/h3-6H,1-2H2,(H,19,20). The second-order valence-corrected chi connectivity index (χ2v) is 6.34. The highest BCUT2D eigenvalue weighted by molar-refractivity contribution is 7.20. The van der Waals surface area contributed by atoms with E-state index in [1.54, 1.807) is 22.9 Å². The summed E-state index contributed by atoms with van der Waals surface area (Å²) in [6.07, 6.45) is 2.19. The van der Waals surface area contributed by atoms with Crippen LogP contribution in [0.25, 0.3) is 16.0 Å². The number of hydrogen-bond acceptors (Lipinski definition) is 5. The molecule has 0 radical (unpaired) electrons. The first kappa shape index (κ1) is 12.7. The summed E-state index contributed by atoms with van der Waals surface area (Å²) in [5.41, 5.74) is 0.950. The molecule has 0 aromatic carbocycles. The van der Waals surface area contributed by atoms with E-state index in [-0.39, 0.29) is 0 Å². The van der Waals surface area contributed by atoms with Gasteiger partial charge in [0, 0.05) is 11.3 Å². The van der Waals surface area contributed by atoms with E-state index in [2.05, 4.69) is 15.3 Å². The van der Waals surface area contributed by atoms with Crippen LogP contribution in [0, 0.1) is 0 Å². The second kappa shape index (κ2) is 4.51. The molecule has 1 aliphatic rings. The molecule has 1 saturated carbocycles. The van der Waals surface area contributed by atoms with Crippen molar-refractivity contribution in [2.24, 2.45) is 0 Å². The molecule has 8 heteroatoms. The molecule has 0 spiro atoms. The van der Waals surface area contributed by atoms with Crippen molar-refractivity contribution in [3.8, 4) is 5.82 Å². The zero-order valence-electron chi connectivity index (χ0n) is 10.7. The lowest BCUT2D eigenvalue weighted by atomic mass is 10.2. The van der Waals surface area contributed by atoms with E-state index in [1.807, 2.05) is 0 Å². The first-order chi connectivity index (χ1) is 10.1. The molecule has 3 aromatic rings. The van der Waals surface area contributed by atoms with Crippen LogP contribution < -0.4 is 0 Å². The lowest BCUT2D eigenvalue weighted by Gasteiger charge is -1.99. The minimum Gasteiger partial charge on any atom is -0.477 e. The molecule has 0 saturated heterocycles. The summed E-state index contributed by atoms with van der Waals surface area (Å²) in [6, 6.07) is 5.06. The van der Waals surface area contributed by atoms with E-state index >= 15 is 0 Å². The summed E-state index contributed by atoms with van der Waals surface area (Å²) in [4.78, 5) is 12.3. The van der Waals surface area contributed by atoms with Crippen LogP contribution in [0.1, 0.15) is 34.1 Å². The molecular formula is C13H9ClN4O2S. The fraction of sp³-hybridized carbons (Fsp3) is 0.231.